The lowest BCUT2D eigenvalue weighted by Gasteiger charge is -2.23. The Hall–Kier alpha value is -2.76. The van der Waals surface area contributed by atoms with Gasteiger partial charge < -0.3 is 14.7 Å². The van der Waals surface area contributed by atoms with E-state index in [1.54, 1.807) is 18.2 Å². The van der Waals surface area contributed by atoms with E-state index in [0.29, 0.717) is 51.9 Å². The van der Waals surface area contributed by atoms with E-state index in [0.717, 1.165) is 5.56 Å². The standard InChI is InChI=1S/C24H20Cl2FNO3/c25-17-6-7-20(22(26)12-17)21-13-18(27)10-16-11-19(31-23(16)21)14-28(24(29)30)9-8-15-4-2-1-3-5-15/h1-7,10,12-13,19H,8-9,11,14H2,(H,29,30). The van der Waals surface area contributed by atoms with E-state index >= 15 is 0 Å². The SMILES string of the molecule is O=C(O)N(CCc1ccccc1)CC1Cc2cc(F)cc(-c3ccc(Cl)cc3Cl)c2O1. The first-order valence-electron chi connectivity index (χ1n) is 9.87. The minimum absolute atomic E-state index is 0.187. The number of halogens is 3. The Morgan fingerprint density at radius 2 is 1.87 bits per heavy atom. The largest absolute Gasteiger partial charge is 0.487 e. The molecule has 3 aromatic rings. The van der Waals surface area contributed by atoms with E-state index in [1.165, 1.54) is 17.0 Å². The van der Waals surface area contributed by atoms with Crippen LogP contribution in [0.4, 0.5) is 9.18 Å². The molecule has 0 fully saturated rings. The van der Waals surface area contributed by atoms with Crippen LogP contribution in [0.2, 0.25) is 10.0 Å². The maximum Gasteiger partial charge on any atom is 0.407 e. The molecule has 1 amide bonds. The molecule has 0 spiro atoms. The van der Waals surface area contributed by atoms with Gasteiger partial charge in [0.25, 0.3) is 0 Å². The third-order valence-electron chi connectivity index (χ3n) is 5.29. The number of rotatable bonds is 6. The summed E-state index contributed by atoms with van der Waals surface area (Å²) in [6.07, 6.45) is -0.399. The molecule has 0 radical (unpaired) electrons. The molecule has 4 rings (SSSR count). The van der Waals surface area contributed by atoms with Gasteiger partial charge in [0.1, 0.15) is 17.7 Å². The minimum atomic E-state index is -1.01. The normalized spacial score (nSPS) is 14.7. The van der Waals surface area contributed by atoms with Crippen LogP contribution in [0.25, 0.3) is 11.1 Å². The van der Waals surface area contributed by atoms with Gasteiger partial charge in [0.2, 0.25) is 0 Å². The summed E-state index contributed by atoms with van der Waals surface area (Å²) in [5, 5.41) is 10.5. The number of fused-ring (bicyclic) bond motifs is 1. The summed E-state index contributed by atoms with van der Waals surface area (Å²) < 4.78 is 20.4. The molecule has 0 bridgehead atoms. The fourth-order valence-corrected chi connectivity index (χ4v) is 4.33. The lowest BCUT2D eigenvalue weighted by molar-refractivity contribution is 0.117. The van der Waals surface area contributed by atoms with Crippen molar-refractivity contribution in [1.29, 1.82) is 0 Å². The number of ether oxygens (including phenoxy) is 1. The highest BCUT2D eigenvalue weighted by Crippen LogP contribution is 2.42. The van der Waals surface area contributed by atoms with Crippen LogP contribution < -0.4 is 4.74 Å². The maximum atomic E-state index is 14.3. The van der Waals surface area contributed by atoms with Gasteiger partial charge in [0.05, 0.1) is 11.6 Å². The van der Waals surface area contributed by atoms with Gasteiger partial charge in [0, 0.05) is 34.7 Å². The number of carbonyl (C=O) groups is 1. The van der Waals surface area contributed by atoms with E-state index in [2.05, 4.69) is 0 Å². The number of nitrogens with zero attached hydrogens (tertiary/aromatic N) is 1. The second kappa shape index (κ2) is 9.16. The Balaban J connectivity index is 1.53. The molecule has 1 aliphatic heterocycles. The first-order chi connectivity index (χ1) is 14.9. The van der Waals surface area contributed by atoms with Crippen LogP contribution in [0.5, 0.6) is 5.75 Å². The Labute approximate surface area is 189 Å². The predicted octanol–water partition coefficient (Wildman–Crippen LogP) is 6.33. The van der Waals surface area contributed by atoms with Gasteiger partial charge in [-0.25, -0.2) is 9.18 Å². The number of amides is 1. The first-order valence-corrected chi connectivity index (χ1v) is 10.6. The van der Waals surface area contributed by atoms with Crippen LogP contribution in [0.15, 0.2) is 60.7 Å². The van der Waals surface area contributed by atoms with Crippen molar-refractivity contribution >= 4 is 29.3 Å². The van der Waals surface area contributed by atoms with Crippen LogP contribution in [-0.2, 0) is 12.8 Å². The summed E-state index contributed by atoms with van der Waals surface area (Å²) in [5.41, 5.74) is 2.90. The monoisotopic (exact) mass is 459 g/mol. The molecule has 7 heteroatoms. The minimum Gasteiger partial charge on any atom is -0.487 e. The van der Waals surface area contributed by atoms with Crippen LogP contribution in [0.3, 0.4) is 0 Å². The van der Waals surface area contributed by atoms with Crippen molar-refractivity contribution in [3.8, 4) is 16.9 Å². The number of hydrogen-bond acceptors (Lipinski definition) is 2. The molecule has 0 aromatic heterocycles. The van der Waals surface area contributed by atoms with E-state index in [1.807, 2.05) is 30.3 Å². The van der Waals surface area contributed by atoms with Crippen molar-refractivity contribution in [1.82, 2.24) is 4.90 Å². The zero-order chi connectivity index (χ0) is 22.0. The van der Waals surface area contributed by atoms with Crippen molar-refractivity contribution in [2.24, 2.45) is 0 Å². The maximum absolute atomic E-state index is 14.3. The number of benzene rings is 3. The molecular formula is C24H20Cl2FNO3. The molecule has 4 nitrogen and oxygen atoms in total. The van der Waals surface area contributed by atoms with E-state index in [9.17, 15) is 14.3 Å². The summed E-state index contributed by atoms with van der Waals surface area (Å²) >= 11 is 12.3. The van der Waals surface area contributed by atoms with Gasteiger partial charge in [-0.1, -0.05) is 59.6 Å². The number of hydrogen-bond donors (Lipinski definition) is 1. The van der Waals surface area contributed by atoms with Crippen LogP contribution in [0.1, 0.15) is 11.1 Å². The van der Waals surface area contributed by atoms with Crippen molar-refractivity contribution in [3.05, 3.63) is 87.7 Å². The van der Waals surface area contributed by atoms with Gasteiger partial charge in [-0.3, -0.25) is 0 Å². The highest BCUT2D eigenvalue weighted by atomic mass is 35.5. The van der Waals surface area contributed by atoms with Gasteiger partial charge >= 0.3 is 6.09 Å². The first kappa shape index (κ1) is 21.5. The highest BCUT2D eigenvalue weighted by Gasteiger charge is 2.30. The van der Waals surface area contributed by atoms with E-state index < -0.39 is 18.0 Å². The fourth-order valence-electron chi connectivity index (χ4n) is 3.82. The number of carboxylic acid groups (broad SMARTS) is 1. The lowest BCUT2D eigenvalue weighted by Crippen LogP contribution is -2.39. The van der Waals surface area contributed by atoms with Crippen molar-refractivity contribution in [2.75, 3.05) is 13.1 Å². The summed E-state index contributed by atoms with van der Waals surface area (Å²) in [6.45, 7) is 0.534. The zero-order valence-corrected chi connectivity index (χ0v) is 18.0. The van der Waals surface area contributed by atoms with Gasteiger partial charge in [-0.05, 0) is 36.2 Å². The second-order valence-electron chi connectivity index (χ2n) is 7.47. The summed E-state index contributed by atoms with van der Waals surface area (Å²) in [6, 6.07) is 17.5. The average Bonchev–Trinajstić information content (AvgIpc) is 3.13. The Morgan fingerprint density at radius 3 is 2.58 bits per heavy atom. The van der Waals surface area contributed by atoms with E-state index in [4.69, 9.17) is 27.9 Å². The average molecular weight is 460 g/mol. The van der Waals surface area contributed by atoms with Crippen LogP contribution in [-0.4, -0.2) is 35.3 Å². The van der Waals surface area contributed by atoms with Crippen LogP contribution in [0, 0.1) is 5.82 Å². The Bertz CT molecular complexity index is 1110. The predicted molar refractivity (Wildman–Crippen MR) is 120 cm³/mol. The van der Waals surface area contributed by atoms with Gasteiger partial charge in [0.15, 0.2) is 0 Å². The lowest BCUT2D eigenvalue weighted by atomic mass is 10.00. The molecule has 1 aliphatic rings. The zero-order valence-electron chi connectivity index (χ0n) is 16.5. The van der Waals surface area contributed by atoms with Crippen molar-refractivity contribution in [2.45, 2.75) is 18.9 Å². The molecule has 3 aromatic carbocycles. The third kappa shape index (κ3) is 4.94. The Kier molecular flexibility index (Phi) is 6.35. The second-order valence-corrected chi connectivity index (χ2v) is 8.32. The molecule has 1 unspecified atom stereocenters. The van der Waals surface area contributed by atoms with E-state index in [-0.39, 0.29) is 6.54 Å². The van der Waals surface area contributed by atoms with Crippen molar-refractivity contribution in [3.63, 3.8) is 0 Å². The van der Waals surface area contributed by atoms with Gasteiger partial charge in [-0.15, -0.1) is 0 Å². The Morgan fingerprint density at radius 1 is 1.10 bits per heavy atom. The quantitative estimate of drug-likeness (QED) is 0.468. The molecule has 0 aliphatic carbocycles. The topological polar surface area (TPSA) is 49.8 Å². The summed E-state index contributed by atoms with van der Waals surface area (Å²) in [7, 11) is 0. The molecule has 1 atom stereocenters. The summed E-state index contributed by atoms with van der Waals surface area (Å²) in [4.78, 5) is 13.1. The third-order valence-corrected chi connectivity index (χ3v) is 5.84. The van der Waals surface area contributed by atoms with Crippen molar-refractivity contribution < 1.29 is 19.0 Å². The summed E-state index contributed by atoms with van der Waals surface area (Å²) in [5.74, 6) is 0.132. The molecule has 31 heavy (non-hydrogen) atoms. The molecule has 0 saturated carbocycles. The van der Waals surface area contributed by atoms with Gasteiger partial charge in [-0.2, -0.15) is 0 Å². The highest BCUT2D eigenvalue weighted by molar-refractivity contribution is 6.36. The molecule has 1 heterocycles. The molecule has 1 N–H and O–H groups in total. The smallest absolute Gasteiger partial charge is 0.407 e. The fraction of sp³-hybridized carbons (Fsp3) is 0.208. The molecule has 160 valence electrons. The van der Waals surface area contributed by atoms with Crippen LogP contribution >= 0.6 is 23.2 Å². The molecule has 0 saturated heterocycles. The molecular weight excluding hydrogens is 440 g/mol.